The standard InChI is InChI=1S/C15H24N2O4/c1-11(18)16-7-4-12(5-8-16)10-17-6-2-3-13(15(17)21)9-14(19)20/h12-13H,2-10H2,1H3,(H,19,20). The van der Waals surface area contributed by atoms with Gasteiger partial charge in [-0.15, -0.1) is 0 Å². The molecule has 0 aromatic heterocycles. The third-order valence-electron chi connectivity index (χ3n) is 4.60. The number of nitrogens with zero attached hydrogens (tertiary/aromatic N) is 2. The van der Waals surface area contributed by atoms with Gasteiger partial charge < -0.3 is 14.9 Å². The molecular formula is C15H24N2O4. The minimum absolute atomic E-state index is 0.00218. The average Bonchev–Trinajstić information content (AvgIpc) is 2.43. The Morgan fingerprint density at radius 2 is 1.86 bits per heavy atom. The first-order chi connectivity index (χ1) is 9.97. The van der Waals surface area contributed by atoms with Gasteiger partial charge in [-0.25, -0.2) is 0 Å². The lowest BCUT2D eigenvalue weighted by molar-refractivity contribution is -0.147. The van der Waals surface area contributed by atoms with Crippen molar-refractivity contribution in [2.24, 2.45) is 11.8 Å². The van der Waals surface area contributed by atoms with E-state index in [1.807, 2.05) is 9.80 Å². The molecule has 0 aliphatic carbocycles. The lowest BCUT2D eigenvalue weighted by Gasteiger charge is -2.37. The van der Waals surface area contributed by atoms with Gasteiger partial charge in [0.15, 0.2) is 0 Å². The predicted molar refractivity (Wildman–Crippen MR) is 76.5 cm³/mol. The summed E-state index contributed by atoms with van der Waals surface area (Å²) in [5.74, 6) is -0.715. The molecule has 0 radical (unpaired) electrons. The maximum absolute atomic E-state index is 12.3. The molecule has 2 saturated heterocycles. The summed E-state index contributed by atoms with van der Waals surface area (Å²) in [6.07, 6.45) is 3.36. The number of hydrogen-bond donors (Lipinski definition) is 1. The molecule has 6 heteroatoms. The van der Waals surface area contributed by atoms with Gasteiger partial charge >= 0.3 is 5.97 Å². The topological polar surface area (TPSA) is 77.9 Å². The zero-order chi connectivity index (χ0) is 15.4. The monoisotopic (exact) mass is 296 g/mol. The number of rotatable bonds is 4. The molecule has 21 heavy (non-hydrogen) atoms. The number of amides is 2. The second-order valence-electron chi connectivity index (χ2n) is 6.17. The van der Waals surface area contributed by atoms with Crippen LogP contribution in [0.3, 0.4) is 0 Å². The summed E-state index contributed by atoms with van der Waals surface area (Å²) in [5, 5.41) is 8.86. The van der Waals surface area contributed by atoms with E-state index in [-0.39, 0.29) is 24.2 Å². The third kappa shape index (κ3) is 4.19. The number of likely N-dealkylation sites (tertiary alicyclic amines) is 2. The molecule has 0 saturated carbocycles. The Morgan fingerprint density at radius 3 is 2.43 bits per heavy atom. The fourth-order valence-corrected chi connectivity index (χ4v) is 3.34. The zero-order valence-corrected chi connectivity index (χ0v) is 12.6. The summed E-state index contributed by atoms with van der Waals surface area (Å²) in [7, 11) is 0. The molecule has 0 spiro atoms. The smallest absolute Gasteiger partial charge is 0.304 e. The molecule has 0 bridgehead atoms. The fourth-order valence-electron chi connectivity index (χ4n) is 3.34. The Kier molecular flexibility index (Phi) is 5.20. The Hall–Kier alpha value is -1.59. The number of aliphatic carboxylic acids is 1. The van der Waals surface area contributed by atoms with Crippen LogP contribution in [0.15, 0.2) is 0 Å². The largest absolute Gasteiger partial charge is 0.481 e. The van der Waals surface area contributed by atoms with E-state index in [0.29, 0.717) is 18.9 Å². The molecule has 6 nitrogen and oxygen atoms in total. The van der Waals surface area contributed by atoms with Crippen LogP contribution in [0.2, 0.25) is 0 Å². The lowest BCUT2D eigenvalue weighted by atomic mass is 9.91. The van der Waals surface area contributed by atoms with Crippen molar-refractivity contribution in [2.45, 2.75) is 39.0 Å². The normalized spacial score (nSPS) is 24.2. The average molecular weight is 296 g/mol. The summed E-state index contributed by atoms with van der Waals surface area (Å²) in [6, 6.07) is 0. The van der Waals surface area contributed by atoms with Gasteiger partial charge in [0.05, 0.1) is 6.42 Å². The highest BCUT2D eigenvalue weighted by Gasteiger charge is 2.32. The summed E-state index contributed by atoms with van der Waals surface area (Å²) >= 11 is 0. The minimum atomic E-state index is -0.898. The number of carboxylic acid groups (broad SMARTS) is 1. The highest BCUT2D eigenvalue weighted by Crippen LogP contribution is 2.25. The molecule has 2 fully saturated rings. The molecule has 0 aromatic carbocycles. The fraction of sp³-hybridized carbons (Fsp3) is 0.800. The molecule has 1 atom stereocenters. The summed E-state index contributed by atoms with van der Waals surface area (Å²) in [6.45, 7) is 4.56. The van der Waals surface area contributed by atoms with Gasteiger partial charge in [0.25, 0.3) is 0 Å². The highest BCUT2D eigenvalue weighted by atomic mass is 16.4. The van der Waals surface area contributed by atoms with Crippen molar-refractivity contribution in [2.75, 3.05) is 26.2 Å². The maximum Gasteiger partial charge on any atom is 0.304 e. The van der Waals surface area contributed by atoms with Gasteiger partial charge in [0.1, 0.15) is 0 Å². The predicted octanol–water partition coefficient (Wildman–Crippen LogP) is 0.958. The van der Waals surface area contributed by atoms with Crippen molar-refractivity contribution in [3.8, 4) is 0 Å². The van der Waals surface area contributed by atoms with E-state index < -0.39 is 5.97 Å². The molecule has 2 aliphatic rings. The van der Waals surface area contributed by atoms with Gasteiger partial charge in [-0.2, -0.15) is 0 Å². The number of carboxylic acids is 1. The van der Waals surface area contributed by atoms with Gasteiger partial charge in [-0.1, -0.05) is 0 Å². The molecular weight excluding hydrogens is 272 g/mol. The second kappa shape index (κ2) is 6.91. The molecule has 1 N–H and O–H groups in total. The van der Waals surface area contributed by atoms with Crippen molar-refractivity contribution in [1.29, 1.82) is 0 Å². The van der Waals surface area contributed by atoms with E-state index in [1.165, 1.54) is 0 Å². The third-order valence-corrected chi connectivity index (χ3v) is 4.60. The minimum Gasteiger partial charge on any atom is -0.481 e. The quantitative estimate of drug-likeness (QED) is 0.838. The van der Waals surface area contributed by atoms with Gasteiger partial charge in [-0.05, 0) is 31.6 Å². The number of carbonyl (C=O) groups excluding carboxylic acids is 2. The number of carbonyl (C=O) groups is 3. The summed E-state index contributed by atoms with van der Waals surface area (Å²) in [4.78, 5) is 38.1. The first-order valence-electron chi connectivity index (χ1n) is 7.73. The van der Waals surface area contributed by atoms with Crippen LogP contribution in [0.4, 0.5) is 0 Å². The van der Waals surface area contributed by atoms with E-state index in [4.69, 9.17) is 5.11 Å². The van der Waals surface area contributed by atoms with Crippen molar-refractivity contribution in [1.82, 2.24) is 9.80 Å². The molecule has 2 aliphatic heterocycles. The first-order valence-corrected chi connectivity index (χ1v) is 7.73. The van der Waals surface area contributed by atoms with Gasteiger partial charge in [0.2, 0.25) is 11.8 Å². The molecule has 1 unspecified atom stereocenters. The Bertz CT molecular complexity index is 416. The van der Waals surface area contributed by atoms with Crippen LogP contribution < -0.4 is 0 Å². The number of hydrogen-bond acceptors (Lipinski definition) is 3. The molecule has 2 rings (SSSR count). The van der Waals surface area contributed by atoms with Crippen LogP contribution >= 0.6 is 0 Å². The van der Waals surface area contributed by atoms with Crippen molar-refractivity contribution < 1.29 is 19.5 Å². The van der Waals surface area contributed by atoms with Crippen molar-refractivity contribution in [3.05, 3.63) is 0 Å². The van der Waals surface area contributed by atoms with E-state index in [9.17, 15) is 14.4 Å². The Morgan fingerprint density at radius 1 is 1.19 bits per heavy atom. The first kappa shape index (κ1) is 15.8. The number of piperidine rings is 2. The molecule has 2 heterocycles. The molecule has 0 aromatic rings. The molecule has 118 valence electrons. The SMILES string of the molecule is CC(=O)N1CCC(CN2CCCC(CC(=O)O)C2=O)CC1. The van der Waals surface area contributed by atoms with E-state index in [2.05, 4.69) is 0 Å². The van der Waals surface area contributed by atoms with Crippen LogP contribution in [0.25, 0.3) is 0 Å². The van der Waals surface area contributed by atoms with Crippen LogP contribution in [-0.2, 0) is 14.4 Å². The molecule has 2 amide bonds. The summed E-state index contributed by atoms with van der Waals surface area (Å²) in [5.41, 5.74) is 0. The highest BCUT2D eigenvalue weighted by molar-refractivity contribution is 5.83. The van der Waals surface area contributed by atoms with Crippen LogP contribution in [0.1, 0.15) is 39.0 Å². The Balaban J connectivity index is 1.84. The van der Waals surface area contributed by atoms with Crippen LogP contribution in [-0.4, -0.2) is 58.9 Å². The van der Waals surface area contributed by atoms with Crippen molar-refractivity contribution in [3.63, 3.8) is 0 Å². The zero-order valence-electron chi connectivity index (χ0n) is 12.6. The lowest BCUT2D eigenvalue weighted by Crippen LogP contribution is -2.46. The summed E-state index contributed by atoms with van der Waals surface area (Å²) < 4.78 is 0. The van der Waals surface area contributed by atoms with E-state index >= 15 is 0 Å². The van der Waals surface area contributed by atoms with Gasteiger partial charge in [0, 0.05) is 39.0 Å². The Labute approximate surface area is 125 Å². The van der Waals surface area contributed by atoms with Crippen LogP contribution in [0, 0.1) is 11.8 Å². The maximum atomic E-state index is 12.3. The van der Waals surface area contributed by atoms with E-state index in [1.54, 1.807) is 6.92 Å². The second-order valence-corrected chi connectivity index (χ2v) is 6.17. The van der Waals surface area contributed by atoms with Crippen molar-refractivity contribution >= 4 is 17.8 Å². The van der Waals surface area contributed by atoms with E-state index in [0.717, 1.165) is 38.9 Å². The van der Waals surface area contributed by atoms with Gasteiger partial charge in [-0.3, -0.25) is 14.4 Å². The van der Waals surface area contributed by atoms with Crippen LogP contribution in [0.5, 0.6) is 0 Å².